The topological polar surface area (TPSA) is 182 Å². The molecule has 294 valence electrons. The second kappa shape index (κ2) is 15.4. The van der Waals surface area contributed by atoms with Gasteiger partial charge in [-0.2, -0.15) is 0 Å². The van der Waals surface area contributed by atoms with Crippen molar-refractivity contribution in [3.05, 3.63) is 42.6 Å². The highest BCUT2D eigenvalue weighted by Crippen LogP contribution is 2.46. The normalized spacial score (nSPS) is 29.8. The molecule has 0 radical (unpaired) electrons. The monoisotopic (exact) mass is 767 g/mol. The number of hydrogen-bond donors (Lipinski definition) is 3. The van der Waals surface area contributed by atoms with Crippen molar-refractivity contribution in [3.8, 4) is 11.6 Å². The van der Waals surface area contributed by atoms with Gasteiger partial charge in [-0.25, -0.2) is 18.2 Å². The van der Waals surface area contributed by atoms with Gasteiger partial charge in [0.2, 0.25) is 27.7 Å². The van der Waals surface area contributed by atoms with Crippen LogP contribution in [0.2, 0.25) is 0 Å². The number of carbonyl (C=O) groups excluding carboxylic acids is 4. The third-order valence-corrected chi connectivity index (χ3v) is 12.4. The number of ether oxygens (including phenoxy) is 3. The molecule has 2 saturated carbocycles. The van der Waals surface area contributed by atoms with E-state index in [0.29, 0.717) is 49.3 Å². The Morgan fingerprint density at radius 3 is 2.56 bits per heavy atom. The second-order valence-corrected chi connectivity index (χ2v) is 18.3. The lowest BCUT2D eigenvalue weighted by atomic mass is 9.88. The quantitative estimate of drug-likeness (QED) is 0.327. The summed E-state index contributed by atoms with van der Waals surface area (Å²) in [5, 5.41) is 6.62. The Bertz CT molecular complexity index is 1910. The maximum Gasteiger partial charge on any atom is 0.408 e. The molecule has 3 N–H and O–H groups in total. The van der Waals surface area contributed by atoms with E-state index in [2.05, 4.69) is 27.3 Å². The molecule has 14 nitrogen and oxygen atoms in total. The molecule has 15 heteroatoms. The van der Waals surface area contributed by atoms with Crippen LogP contribution in [0.3, 0.4) is 0 Å². The summed E-state index contributed by atoms with van der Waals surface area (Å²) in [4.78, 5) is 62.0. The molecule has 2 aromatic rings. The van der Waals surface area contributed by atoms with E-state index in [4.69, 9.17) is 14.2 Å². The molecule has 2 aliphatic heterocycles. The molecule has 7 atom stereocenters. The van der Waals surface area contributed by atoms with Gasteiger partial charge in [0.05, 0.1) is 18.4 Å². The minimum atomic E-state index is -3.90. The van der Waals surface area contributed by atoms with E-state index >= 15 is 0 Å². The summed E-state index contributed by atoms with van der Waals surface area (Å²) in [6.07, 6.45) is 7.25. The molecular formula is C39H53N5O9S. The lowest BCUT2D eigenvalue weighted by Gasteiger charge is -2.33. The summed E-state index contributed by atoms with van der Waals surface area (Å²) in [6, 6.07) is 5.22. The first kappa shape index (κ1) is 39.3. The van der Waals surface area contributed by atoms with E-state index in [1.165, 1.54) is 4.90 Å². The van der Waals surface area contributed by atoms with Crippen molar-refractivity contribution in [2.75, 3.05) is 13.2 Å². The molecule has 1 saturated heterocycles. The van der Waals surface area contributed by atoms with Crippen molar-refractivity contribution < 1.29 is 41.8 Å². The maximum absolute atomic E-state index is 14.7. The predicted molar refractivity (Wildman–Crippen MR) is 201 cm³/mol. The molecule has 4 amide bonds. The van der Waals surface area contributed by atoms with Crippen LogP contribution in [0.5, 0.6) is 11.6 Å². The fourth-order valence-corrected chi connectivity index (χ4v) is 8.93. The number of nitrogens with zero attached hydrogens (tertiary/aromatic N) is 2. The van der Waals surface area contributed by atoms with Crippen LogP contribution >= 0.6 is 0 Å². The van der Waals surface area contributed by atoms with Gasteiger partial charge in [-0.15, -0.1) is 0 Å². The van der Waals surface area contributed by atoms with Crippen molar-refractivity contribution in [2.24, 2.45) is 17.8 Å². The van der Waals surface area contributed by atoms with Gasteiger partial charge >= 0.3 is 6.09 Å². The summed E-state index contributed by atoms with van der Waals surface area (Å²) in [5.74, 6) is -1.51. The van der Waals surface area contributed by atoms with Gasteiger partial charge in [0.15, 0.2) is 0 Å². The smallest absolute Gasteiger partial charge is 0.408 e. The number of benzene rings is 1. The first-order chi connectivity index (χ1) is 25.5. The van der Waals surface area contributed by atoms with E-state index in [1.807, 2.05) is 50.3 Å². The highest BCUT2D eigenvalue weighted by molar-refractivity contribution is 7.91. The number of amides is 4. The van der Waals surface area contributed by atoms with Crippen LogP contribution < -0.4 is 24.8 Å². The maximum atomic E-state index is 14.7. The minimum Gasteiger partial charge on any atom is -0.494 e. The third-order valence-electron chi connectivity index (χ3n) is 10.6. The number of fused-ring (bicyclic) bond motifs is 3. The molecule has 1 unspecified atom stereocenters. The molecule has 2 aliphatic carbocycles. The molecule has 54 heavy (non-hydrogen) atoms. The Morgan fingerprint density at radius 2 is 1.85 bits per heavy atom. The lowest BCUT2D eigenvalue weighted by Crippen LogP contribution is -2.59. The summed E-state index contributed by atoms with van der Waals surface area (Å²) in [5.41, 5.74) is -2.33. The number of carbonyl (C=O) groups is 4. The van der Waals surface area contributed by atoms with E-state index in [-0.39, 0.29) is 31.2 Å². The Kier molecular flexibility index (Phi) is 11.2. The van der Waals surface area contributed by atoms with Crippen LogP contribution in [0.4, 0.5) is 4.79 Å². The molecule has 1 aromatic carbocycles. The Balaban J connectivity index is 1.34. The zero-order chi connectivity index (χ0) is 39.0. The number of pyridine rings is 1. The molecule has 4 aliphatic rings. The minimum absolute atomic E-state index is 0.0145. The largest absolute Gasteiger partial charge is 0.494 e. The molecule has 6 rings (SSSR count). The number of allylic oxidation sites excluding steroid dienone is 1. The number of alkyl carbamates (subject to hydrolysis) is 1. The highest BCUT2D eigenvalue weighted by atomic mass is 32.2. The predicted octanol–water partition coefficient (Wildman–Crippen LogP) is 4.37. The fourth-order valence-electron chi connectivity index (χ4n) is 7.57. The van der Waals surface area contributed by atoms with Crippen molar-refractivity contribution in [3.63, 3.8) is 0 Å². The van der Waals surface area contributed by atoms with Gasteiger partial charge in [0.1, 0.15) is 35.1 Å². The highest BCUT2D eigenvalue weighted by Gasteiger charge is 2.62. The number of sulfonamides is 1. The number of nitrogens with one attached hydrogen (secondary N) is 3. The summed E-state index contributed by atoms with van der Waals surface area (Å²) < 4.78 is 45.6. The fraction of sp³-hybridized carbons (Fsp3) is 0.615. The first-order valence-corrected chi connectivity index (χ1v) is 20.6. The Hall–Kier alpha value is -4.40. The van der Waals surface area contributed by atoms with Gasteiger partial charge in [0, 0.05) is 23.9 Å². The Morgan fingerprint density at radius 1 is 1.09 bits per heavy atom. The van der Waals surface area contributed by atoms with Crippen LogP contribution in [0.25, 0.3) is 10.8 Å². The molecular weight excluding hydrogens is 715 g/mol. The van der Waals surface area contributed by atoms with Gasteiger partial charge in [-0.1, -0.05) is 26.0 Å². The van der Waals surface area contributed by atoms with Crippen molar-refractivity contribution in [1.82, 2.24) is 25.2 Å². The lowest BCUT2D eigenvalue weighted by molar-refractivity contribution is -0.142. The number of rotatable bonds is 8. The van der Waals surface area contributed by atoms with Crippen LogP contribution in [-0.2, 0) is 29.1 Å². The average molecular weight is 768 g/mol. The van der Waals surface area contributed by atoms with Crippen LogP contribution in [-0.4, -0.2) is 89.8 Å². The van der Waals surface area contributed by atoms with Gasteiger partial charge in [-0.3, -0.25) is 19.1 Å². The van der Waals surface area contributed by atoms with E-state index < -0.39 is 74.3 Å². The molecule has 1 aromatic heterocycles. The number of hydrogen-bond acceptors (Lipinski definition) is 10. The zero-order valence-electron chi connectivity index (χ0n) is 31.9. The standard InChI is InChI=1S/C39H53N5O9S/c1-7-51-27-12-15-30-25(19-27)16-17-40-34(30)52-28-20-31-33(45)42-39(36(47)43-54(49,50)29-13-14-29)21-26(39)11-9-8-10-23(2)18-24(3)32(35(46)44(31)22-28)41-37(48)53-38(4,5)6/h9,11-12,15-17,19,23-24,26,28-29,31-32H,7-8,10,13-14,18,20-22H2,1-6H3,(H,41,48)(H,42,45)(H,43,47)/b11-9-/t23-,24+,26+,28+,31-,32?,39+/m0/s1. The van der Waals surface area contributed by atoms with Crippen LogP contribution in [0.1, 0.15) is 86.5 Å². The average Bonchev–Trinajstić information content (AvgIpc) is 4.01. The van der Waals surface area contributed by atoms with Crippen LogP contribution in [0, 0.1) is 17.8 Å². The summed E-state index contributed by atoms with van der Waals surface area (Å²) in [6.45, 7) is 11.6. The molecule has 0 bridgehead atoms. The van der Waals surface area contributed by atoms with Gasteiger partial charge in [-0.05, 0) is 108 Å². The molecule has 0 spiro atoms. The van der Waals surface area contributed by atoms with Crippen molar-refractivity contribution in [1.29, 1.82) is 0 Å². The second-order valence-electron chi connectivity index (χ2n) is 16.3. The number of aromatic nitrogens is 1. The van der Waals surface area contributed by atoms with Crippen molar-refractivity contribution in [2.45, 2.75) is 121 Å². The van der Waals surface area contributed by atoms with E-state index in [9.17, 15) is 27.6 Å². The van der Waals surface area contributed by atoms with Crippen molar-refractivity contribution >= 4 is 44.6 Å². The molecule has 3 fully saturated rings. The van der Waals surface area contributed by atoms with E-state index in [0.717, 1.165) is 11.8 Å². The van der Waals surface area contributed by atoms with Crippen LogP contribution in [0.15, 0.2) is 42.6 Å². The van der Waals surface area contributed by atoms with Gasteiger partial charge < -0.3 is 29.7 Å². The van der Waals surface area contributed by atoms with E-state index in [1.54, 1.807) is 27.0 Å². The third kappa shape index (κ3) is 8.93. The summed E-state index contributed by atoms with van der Waals surface area (Å²) in [7, 11) is -3.90. The first-order valence-electron chi connectivity index (χ1n) is 19.0. The molecule has 3 heterocycles. The van der Waals surface area contributed by atoms with Gasteiger partial charge in [0.25, 0.3) is 5.91 Å². The Labute approximate surface area is 317 Å². The summed E-state index contributed by atoms with van der Waals surface area (Å²) >= 11 is 0. The zero-order valence-corrected chi connectivity index (χ0v) is 32.7. The SMILES string of the molecule is CCOc1ccc2c(O[C@@H]3C[C@H]4C(=O)N[C@]5(C(=O)NS(=O)(=O)C6CC6)C[C@H]5/C=C\CC[C@H](C)C[C@@H](C)C(NC(=O)OC(C)(C)C)C(=O)N4C3)nccc2c1.